The van der Waals surface area contributed by atoms with Gasteiger partial charge < -0.3 is 44.5 Å². The molecule has 46 heavy (non-hydrogen) atoms. The van der Waals surface area contributed by atoms with Crippen molar-refractivity contribution < 1.29 is 58.9 Å². The van der Waals surface area contributed by atoms with Gasteiger partial charge in [0.1, 0.15) is 35.5 Å². The summed E-state index contributed by atoms with van der Waals surface area (Å²) >= 11 is 0. The molecule has 0 bridgehead atoms. The number of fused-ring (bicyclic) bond motifs is 3. The molecule has 5 unspecified atom stereocenters. The molecule has 0 radical (unpaired) electrons. The van der Waals surface area contributed by atoms with Gasteiger partial charge in [-0.3, -0.25) is 19.3 Å². The minimum Gasteiger partial charge on any atom is -0.507 e. The van der Waals surface area contributed by atoms with Gasteiger partial charge in [-0.1, -0.05) is 12.1 Å². The molecular formula is C32H34N2O12. The third-order valence-electron chi connectivity index (χ3n) is 9.48. The van der Waals surface area contributed by atoms with Crippen molar-refractivity contribution in [2.45, 2.75) is 68.5 Å². The number of aromatic hydroxyl groups is 2. The molecule has 5 N–H and O–H groups in total. The molecule has 2 aromatic carbocycles. The topological polar surface area (TPSA) is 216 Å². The molecule has 2 aliphatic carbocycles. The van der Waals surface area contributed by atoms with E-state index >= 15 is 0 Å². The molecular weight excluding hydrogens is 604 g/mol. The number of nitrogens with zero attached hydrogens (tertiary/aromatic N) is 2. The average molecular weight is 639 g/mol. The van der Waals surface area contributed by atoms with Crippen LogP contribution in [0, 0.1) is 11.3 Å². The fourth-order valence-corrected chi connectivity index (χ4v) is 7.15. The van der Waals surface area contributed by atoms with E-state index in [9.17, 15) is 45.2 Å². The molecule has 2 aliphatic heterocycles. The molecule has 4 aliphatic rings. The summed E-state index contributed by atoms with van der Waals surface area (Å²) in [6, 6.07) is 5.28. The number of rotatable bonds is 6. The second-order valence-corrected chi connectivity index (χ2v) is 12.0. The summed E-state index contributed by atoms with van der Waals surface area (Å²) in [6.07, 6.45) is -5.39. The van der Waals surface area contributed by atoms with Gasteiger partial charge in [0.05, 0.1) is 61.4 Å². The van der Waals surface area contributed by atoms with Crippen LogP contribution in [0.3, 0.4) is 0 Å². The number of hydrogen-bond donors (Lipinski definition) is 5. The Balaban J connectivity index is 1.44. The van der Waals surface area contributed by atoms with Crippen LogP contribution in [0.2, 0.25) is 0 Å². The van der Waals surface area contributed by atoms with Crippen molar-refractivity contribution in [2.75, 3.05) is 33.5 Å². The van der Waals surface area contributed by atoms with Crippen molar-refractivity contribution in [3.05, 3.63) is 51.6 Å². The summed E-state index contributed by atoms with van der Waals surface area (Å²) in [5.41, 5.74) is -3.78. The van der Waals surface area contributed by atoms with Crippen molar-refractivity contribution in [3.63, 3.8) is 0 Å². The standard InChI is InChI=1S/C32H34N2O12/c1-14-27(37)18(34-6-7-44-13-15(34)11-33)8-22(45-14)46-20-10-32(42,21(36)12-35)9-17-24(20)31(41)26-25(29(17)39)28(38)16-4-3-5-19(43-2)23(16)30(26)40/h3-5,14-15,18,20,22,27,35,37,39,41-42H,6-10,12-13H2,1-2H3/t14?,15?,18?,20-,22?,27?,32-/m1/s1. The van der Waals surface area contributed by atoms with Crippen LogP contribution in [0.25, 0.3) is 0 Å². The first-order valence-corrected chi connectivity index (χ1v) is 14.9. The second-order valence-electron chi connectivity index (χ2n) is 12.0. The summed E-state index contributed by atoms with van der Waals surface area (Å²) in [4.78, 5) is 42.2. The largest absolute Gasteiger partial charge is 0.507 e. The zero-order chi connectivity index (χ0) is 33.1. The van der Waals surface area contributed by atoms with Crippen LogP contribution < -0.4 is 4.74 Å². The van der Waals surface area contributed by atoms with E-state index < -0.39 is 102 Å². The number of benzene rings is 2. The van der Waals surface area contributed by atoms with Crippen molar-refractivity contribution in [1.82, 2.24) is 4.90 Å². The van der Waals surface area contributed by atoms with E-state index in [4.69, 9.17) is 18.9 Å². The fraction of sp³-hybridized carbons (Fsp3) is 0.500. The van der Waals surface area contributed by atoms with Gasteiger partial charge in [-0.05, 0) is 13.0 Å². The number of carbonyl (C=O) groups is 3. The van der Waals surface area contributed by atoms with Gasteiger partial charge in [0.2, 0.25) is 5.78 Å². The van der Waals surface area contributed by atoms with E-state index in [0.29, 0.717) is 13.2 Å². The Bertz CT molecular complexity index is 1650. The van der Waals surface area contributed by atoms with E-state index in [2.05, 4.69) is 6.07 Å². The van der Waals surface area contributed by atoms with Crippen LogP contribution >= 0.6 is 0 Å². The lowest BCUT2D eigenvalue weighted by molar-refractivity contribution is -0.262. The van der Waals surface area contributed by atoms with Gasteiger partial charge in [-0.25, -0.2) is 0 Å². The number of ketones is 3. The molecule has 0 saturated carbocycles. The Hall–Kier alpha value is -3.94. The maximum Gasteiger partial charge on any atom is 0.202 e. The Morgan fingerprint density at radius 2 is 1.91 bits per heavy atom. The maximum atomic E-state index is 13.9. The van der Waals surface area contributed by atoms with Crippen LogP contribution in [0.1, 0.15) is 68.8 Å². The van der Waals surface area contributed by atoms with Crippen LogP contribution in [0.4, 0.5) is 0 Å². The smallest absolute Gasteiger partial charge is 0.202 e. The third kappa shape index (κ3) is 4.96. The highest BCUT2D eigenvalue weighted by atomic mass is 16.7. The number of phenolic OH excluding ortho intramolecular Hbond substituents is 2. The quantitative estimate of drug-likeness (QED) is 0.229. The number of morpholine rings is 1. The van der Waals surface area contributed by atoms with Crippen molar-refractivity contribution >= 4 is 17.3 Å². The molecule has 0 aromatic heterocycles. The minimum atomic E-state index is -2.29. The van der Waals surface area contributed by atoms with Gasteiger partial charge in [0.15, 0.2) is 17.9 Å². The van der Waals surface area contributed by atoms with Gasteiger partial charge in [0, 0.05) is 48.5 Å². The number of carbonyl (C=O) groups excluding carboxylic acids is 3. The number of aliphatic hydroxyl groups is 3. The number of Topliss-reactive ketones (excluding diaryl/α,β-unsaturated/α-hetero) is 1. The third-order valence-corrected chi connectivity index (χ3v) is 9.48. The van der Waals surface area contributed by atoms with Gasteiger partial charge in [-0.15, -0.1) is 0 Å². The minimum absolute atomic E-state index is 0.0293. The summed E-state index contributed by atoms with van der Waals surface area (Å²) in [7, 11) is 1.32. The fourth-order valence-electron chi connectivity index (χ4n) is 7.15. The van der Waals surface area contributed by atoms with Gasteiger partial charge >= 0.3 is 0 Å². The van der Waals surface area contributed by atoms with E-state index in [-0.39, 0.29) is 41.0 Å². The molecule has 2 aromatic rings. The van der Waals surface area contributed by atoms with Gasteiger partial charge in [0.25, 0.3) is 0 Å². The zero-order valence-electron chi connectivity index (χ0n) is 25.1. The summed E-state index contributed by atoms with van der Waals surface area (Å²) in [5, 5.41) is 65.1. The molecule has 2 saturated heterocycles. The number of nitriles is 1. The predicted octanol–water partition coefficient (Wildman–Crippen LogP) is 0.267. The molecule has 2 heterocycles. The monoisotopic (exact) mass is 638 g/mol. The zero-order valence-corrected chi connectivity index (χ0v) is 25.1. The lowest BCUT2D eigenvalue weighted by atomic mass is 9.72. The molecule has 7 atom stereocenters. The summed E-state index contributed by atoms with van der Waals surface area (Å²) in [6.45, 7) is 1.42. The van der Waals surface area contributed by atoms with Gasteiger partial charge in [-0.2, -0.15) is 5.26 Å². The Morgan fingerprint density at radius 3 is 2.61 bits per heavy atom. The Kier molecular flexibility index (Phi) is 8.36. The highest BCUT2D eigenvalue weighted by Gasteiger charge is 2.51. The van der Waals surface area contributed by atoms with Crippen LogP contribution in [0.5, 0.6) is 17.2 Å². The predicted molar refractivity (Wildman–Crippen MR) is 154 cm³/mol. The SMILES string of the molecule is COc1cccc2c1C(=O)c1c(O)c3c(c(O)c1C2=O)C[C@](O)(C(=O)CO)C[C@H]3OC1CC(N2CCOCC2C#N)C(O)C(C)O1. The molecule has 2 fully saturated rings. The molecule has 0 amide bonds. The van der Waals surface area contributed by atoms with Crippen molar-refractivity contribution in [3.8, 4) is 23.3 Å². The first-order valence-electron chi connectivity index (χ1n) is 14.9. The average Bonchev–Trinajstić information content (AvgIpc) is 3.05. The van der Waals surface area contributed by atoms with Crippen molar-refractivity contribution in [1.29, 1.82) is 5.26 Å². The van der Waals surface area contributed by atoms with E-state index in [1.807, 2.05) is 0 Å². The van der Waals surface area contributed by atoms with Crippen LogP contribution in [-0.4, -0.2) is 117 Å². The molecule has 14 nitrogen and oxygen atoms in total. The Labute approximate surface area is 263 Å². The molecule has 0 spiro atoms. The number of aliphatic hydroxyl groups excluding tert-OH is 2. The number of methoxy groups -OCH3 is 1. The van der Waals surface area contributed by atoms with E-state index in [1.165, 1.54) is 25.3 Å². The molecule has 6 rings (SSSR count). The summed E-state index contributed by atoms with van der Waals surface area (Å²) < 4.78 is 23.0. The van der Waals surface area contributed by atoms with Crippen LogP contribution in [-0.2, 0) is 25.4 Å². The Morgan fingerprint density at radius 1 is 1.17 bits per heavy atom. The highest BCUT2D eigenvalue weighted by Crippen LogP contribution is 2.52. The molecule has 244 valence electrons. The van der Waals surface area contributed by atoms with E-state index in [0.717, 1.165) is 0 Å². The number of ether oxygens (including phenoxy) is 4. The first kappa shape index (κ1) is 32.0. The highest BCUT2D eigenvalue weighted by molar-refractivity contribution is 6.31. The lowest BCUT2D eigenvalue weighted by Crippen LogP contribution is -2.60. The number of hydrogen-bond acceptors (Lipinski definition) is 14. The lowest BCUT2D eigenvalue weighted by Gasteiger charge is -2.47. The van der Waals surface area contributed by atoms with Crippen LogP contribution in [0.15, 0.2) is 18.2 Å². The molecule has 14 heteroatoms. The number of phenols is 2. The first-order chi connectivity index (χ1) is 21.9. The second kappa shape index (κ2) is 12.0. The maximum absolute atomic E-state index is 13.9. The van der Waals surface area contributed by atoms with E-state index in [1.54, 1.807) is 11.8 Å². The van der Waals surface area contributed by atoms with Crippen molar-refractivity contribution in [2.24, 2.45) is 0 Å². The summed E-state index contributed by atoms with van der Waals surface area (Å²) in [5.74, 6) is -3.87. The normalized spacial score (nSPS) is 31.0.